The minimum absolute atomic E-state index is 0.0555. The van der Waals surface area contributed by atoms with Crippen LogP contribution in [0.15, 0.2) is 30.3 Å². The molecule has 1 atom stereocenters. The predicted molar refractivity (Wildman–Crippen MR) is 76.1 cm³/mol. The van der Waals surface area contributed by atoms with Crippen LogP contribution in [0.3, 0.4) is 0 Å². The number of nitrogens with zero attached hydrogens (tertiary/aromatic N) is 2. The number of nitrogens with two attached hydrogens (primary N) is 1. The molecule has 1 heterocycles. The molecule has 2 rings (SSSR count). The third-order valence-electron chi connectivity index (χ3n) is 2.77. The first-order valence-corrected chi connectivity index (χ1v) is 6.33. The van der Waals surface area contributed by atoms with Crippen molar-refractivity contribution >= 4 is 0 Å². The Balaban J connectivity index is 2.40. The number of hydrogen-bond acceptors (Lipinski definition) is 4. The van der Waals surface area contributed by atoms with Crippen molar-refractivity contribution in [2.75, 3.05) is 7.11 Å². The van der Waals surface area contributed by atoms with Crippen LogP contribution in [-0.2, 0) is 6.42 Å². The Morgan fingerprint density at radius 1 is 1.26 bits per heavy atom. The molecule has 0 fully saturated rings. The summed E-state index contributed by atoms with van der Waals surface area (Å²) in [4.78, 5) is 8.99. The first kappa shape index (κ1) is 13.5. The van der Waals surface area contributed by atoms with Crippen molar-refractivity contribution in [1.29, 1.82) is 0 Å². The molecule has 19 heavy (non-hydrogen) atoms. The normalized spacial score (nSPS) is 12.2. The van der Waals surface area contributed by atoms with Gasteiger partial charge in [-0.1, -0.05) is 12.1 Å². The van der Waals surface area contributed by atoms with Crippen LogP contribution >= 0.6 is 0 Å². The van der Waals surface area contributed by atoms with Gasteiger partial charge in [0, 0.05) is 23.7 Å². The van der Waals surface area contributed by atoms with Gasteiger partial charge in [0.1, 0.15) is 11.6 Å². The third kappa shape index (κ3) is 3.51. The second-order valence-electron chi connectivity index (χ2n) is 4.72. The van der Waals surface area contributed by atoms with Gasteiger partial charge in [0.25, 0.3) is 0 Å². The molecule has 0 aliphatic heterocycles. The van der Waals surface area contributed by atoms with Gasteiger partial charge in [-0.3, -0.25) is 0 Å². The second-order valence-corrected chi connectivity index (χ2v) is 4.72. The summed E-state index contributed by atoms with van der Waals surface area (Å²) in [6.07, 6.45) is 0.679. The molecule has 0 spiro atoms. The van der Waals surface area contributed by atoms with E-state index in [1.807, 2.05) is 44.2 Å². The standard InChI is InChI=1S/C15H19N3O/c1-10(16)7-15-17-11(2)8-14(18-15)12-5-4-6-13(9-12)19-3/h4-6,8-10H,7,16H2,1-3H3. The second kappa shape index (κ2) is 5.80. The number of ether oxygens (including phenoxy) is 1. The smallest absolute Gasteiger partial charge is 0.130 e. The summed E-state index contributed by atoms with van der Waals surface area (Å²) >= 11 is 0. The molecule has 2 aromatic rings. The largest absolute Gasteiger partial charge is 0.497 e. The van der Waals surface area contributed by atoms with Gasteiger partial charge >= 0.3 is 0 Å². The minimum atomic E-state index is 0.0555. The highest BCUT2D eigenvalue weighted by atomic mass is 16.5. The molecule has 1 aromatic carbocycles. The van der Waals surface area contributed by atoms with E-state index >= 15 is 0 Å². The number of benzene rings is 1. The van der Waals surface area contributed by atoms with E-state index in [0.29, 0.717) is 6.42 Å². The minimum Gasteiger partial charge on any atom is -0.497 e. The highest BCUT2D eigenvalue weighted by Crippen LogP contribution is 2.22. The molecule has 0 amide bonds. The Morgan fingerprint density at radius 2 is 2.05 bits per heavy atom. The molecule has 4 nitrogen and oxygen atoms in total. The maximum Gasteiger partial charge on any atom is 0.130 e. The maximum atomic E-state index is 5.81. The first-order chi connectivity index (χ1) is 9.08. The number of aromatic nitrogens is 2. The van der Waals surface area contributed by atoms with E-state index in [9.17, 15) is 0 Å². The molecular formula is C15H19N3O. The number of methoxy groups -OCH3 is 1. The van der Waals surface area contributed by atoms with Crippen molar-refractivity contribution in [2.45, 2.75) is 26.3 Å². The fourth-order valence-electron chi connectivity index (χ4n) is 1.94. The summed E-state index contributed by atoms with van der Waals surface area (Å²) in [6.45, 7) is 3.92. The van der Waals surface area contributed by atoms with Crippen LogP contribution in [-0.4, -0.2) is 23.1 Å². The van der Waals surface area contributed by atoms with E-state index in [0.717, 1.165) is 28.5 Å². The topological polar surface area (TPSA) is 61.0 Å². The lowest BCUT2D eigenvalue weighted by Gasteiger charge is -2.09. The fraction of sp³-hybridized carbons (Fsp3) is 0.333. The average Bonchev–Trinajstić information content (AvgIpc) is 2.37. The highest BCUT2D eigenvalue weighted by Gasteiger charge is 2.07. The molecule has 100 valence electrons. The molecule has 0 saturated carbocycles. The van der Waals surface area contributed by atoms with E-state index in [1.54, 1.807) is 7.11 Å². The monoisotopic (exact) mass is 257 g/mol. The Labute approximate surface area is 113 Å². The maximum absolute atomic E-state index is 5.81. The lowest BCUT2D eigenvalue weighted by atomic mass is 10.1. The molecule has 2 N–H and O–H groups in total. The molecule has 0 aliphatic carbocycles. The van der Waals surface area contributed by atoms with Crippen molar-refractivity contribution in [3.05, 3.63) is 41.9 Å². The van der Waals surface area contributed by atoms with Crippen molar-refractivity contribution in [3.63, 3.8) is 0 Å². The van der Waals surface area contributed by atoms with Crippen LogP contribution in [0, 0.1) is 6.92 Å². The Hall–Kier alpha value is -1.94. The number of hydrogen-bond donors (Lipinski definition) is 1. The molecule has 0 saturated heterocycles. The van der Waals surface area contributed by atoms with Crippen molar-refractivity contribution < 1.29 is 4.74 Å². The Kier molecular flexibility index (Phi) is 4.12. The summed E-state index contributed by atoms with van der Waals surface area (Å²) in [7, 11) is 1.66. The van der Waals surface area contributed by atoms with Gasteiger partial charge in [-0.15, -0.1) is 0 Å². The van der Waals surface area contributed by atoms with E-state index in [4.69, 9.17) is 10.5 Å². The Morgan fingerprint density at radius 3 is 2.74 bits per heavy atom. The van der Waals surface area contributed by atoms with E-state index in [-0.39, 0.29) is 6.04 Å². The highest BCUT2D eigenvalue weighted by molar-refractivity contribution is 5.61. The summed E-state index contributed by atoms with van der Waals surface area (Å²) in [5.74, 6) is 1.61. The van der Waals surface area contributed by atoms with Crippen LogP contribution in [0.4, 0.5) is 0 Å². The van der Waals surface area contributed by atoms with E-state index in [1.165, 1.54) is 0 Å². The van der Waals surface area contributed by atoms with Gasteiger partial charge in [0.15, 0.2) is 0 Å². The van der Waals surface area contributed by atoms with Crippen LogP contribution in [0.1, 0.15) is 18.4 Å². The first-order valence-electron chi connectivity index (χ1n) is 6.33. The van der Waals surface area contributed by atoms with Crippen molar-refractivity contribution in [2.24, 2.45) is 5.73 Å². The SMILES string of the molecule is COc1cccc(-c2cc(C)nc(CC(C)N)n2)c1. The number of aryl methyl sites for hydroxylation is 1. The average molecular weight is 257 g/mol. The molecular weight excluding hydrogens is 238 g/mol. The molecule has 0 radical (unpaired) electrons. The summed E-state index contributed by atoms with van der Waals surface area (Å²) in [6, 6.07) is 9.88. The van der Waals surface area contributed by atoms with Crippen molar-refractivity contribution in [3.8, 4) is 17.0 Å². The van der Waals surface area contributed by atoms with Gasteiger partial charge in [0.05, 0.1) is 12.8 Å². The molecule has 4 heteroatoms. The quantitative estimate of drug-likeness (QED) is 0.913. The van der Waals surface area contributed by atoms with Gasteiger partial charge in [-0.05, 0) is 32.0 Å². The molecule has 0 aliphatic rings. The third-order valence-corrected chi connectivity index (χ3v) is 2.77. The van der Waals surface area contributed by atoms with Gasteiger partial charge in [0.2, 0.25) is 0 Å². The fourth-order valence-corrected chi connectivity index (χ4v) is 1.94. The zero-order chi connectivity index (χ0) is 13.8. The Bertz CT molecular complexity index is 567. The molecule has 1 unspecified atom stereocenters. The van der Waals surface area contributed by atoms with Crippen LogP contribution in [0.5, 0.6) is 5.75 Å². The van der Waals surface area contributed by atoms with Crippen LogP contribution < -0.4 is 10.5 Å². The lowest BCUT2D eigenvalue weighted by Crippen LogP contribution is -2.19. The molecule has 0 bridgehead atoms. The summed E-state index contributed by atoms with van der Waals surface area (Å²) in [5.41, 5.74) is 8.69. The predicted octanol–water partition coefficient (Wildman–Crippen LogP) is 2.35. The van der Waals surface area contributed by atoms with E-state index < -0.39 is 0 Å². The molecule has 1 aromatic heterocycles. The zero-order valence-electron chi connectivity index (χ0n) is 11.6. The summed E-state index contributed by atoms with van der Waals surface area (Å²) in [5, 5.41) is 0. The number of rotatable bonds is 4. The van der Waals surface area contributed by atoms with Gasteiger partial charge in [-0.2, -0.15) is 0 Å². The van der Waals surface area contributed by atoms with Crippen LogP contribution in [0.25, 0.3) is 11.3 Å². The van der Waals surface area contributed by atoms with Gasteiger partial charge < -0.3 is 10.5 Å². The lowest BCUT2D eigenvalue weighted by molar-refractivity contribution is 0.415. The van der Waals surface area contributed by atoms with Gasteiger partial charge in [-0.25, -0.2) is 9.97 Å². The zero-order valence-corrected chi connectivity index (χ0v) is 11.6. The van der Waals surface area contributed by atoms with Crippen LogP contribution in [0.2, 0.25) is 0 Å². The van der Waals surface area contributed by atoms with E-state index in [2.05, 4.69) is 9.97 Å². The summed E-state index contributed by atoms with van der Waals surface area (Å²) < 4.78 is 5.24. The van der Waals surface area contributed by atoms with Crippen molar-refractivity contribution in [1.82, 2.24) is 9.97 Å².